The Labute approximate surface area is 126 Å². The van der Waals surface area contributed by atoms with Crippen LogP contribution in [0, 0.1) is 5.92 Å². The van der Waals surface area contributed by atoms with Gasteiger partial charge in [0.25, 0.3) is 0 Å². The van der Waals surface area contributed by atoms with Crippen molar-refractivity contribution in [3.63, 3.8) is 0 Å². The van der Waals surface area contributed by atoms with Crippen molar-refractivity contribution in [1.82, 2.24) is 19.7 Å². The Morgan fingerprint density at radius 1 is 1.29 bits per heavy atom. The Morgan fingerprint density at radius 2 is 2.19 bits per heavy atom. The van der Waals surface area contributed by atoms with Crippen molar-refractivity contribution >= 4 is 0 Å². The molecule has 4 heteroatoms. The van der Waals surface area contributed by atoms with E-state index in [0.29, 0.717) is 0 Å². The molecule has 0 aliphatic carbocycles. The number of hydrogen-bond donors (Lipinski definition) is 0. The molecule has 3 heterocycles. The van der Waals surface area contributed by atoms with Crippen molar-refractivity contribution < 1.29 is 0 Å². The van der Waals surface area contributed by atoms with Gasteiger partial charge in [-0.2, -0.15) is 5.10 Å². The molecule has 21 heavy (non-hydrogen) atoms. The zero-order valence-electron chi connectivity index (χ0n) is 13.0. The van der Waals surface area contributed by atoms with E-state index >= 15 is 0 Å². The second-order valence-electron chi connectivity index (χ2n) is 6.11. The van der Waals surface area contributed by atoms with Crippen LogP contribution in [0.2, 0.25) is 0 Å². The van der Waals surface area contributed by atoms with E-state index in [1.54, 1.807) is 0 Å². The summed E-state index contributed by atoms with van der Waals surface area (Å²) in [4.78, 5) is 6.96. The normalized spacial score (nSPS) is 19.2. The quantitative estimate of drug-likeness (QED) is 0.846. The van der Waals surface area contributed by atoms with Crippen molar-refractivity contribution in [3.8, 4) is 11.4 Å². The van der Waals surface area contributed by atoms with E-state index in [9.17, 15) is 0 Å². The number of aryl methyl sites for hydroxylation is 1. The van der Waals surface area contributed by atoms with Crippen LogP contribution in [0.5, 0.6) is 0 Å². The van der Waals surface area contributed by atoms with Gasteiger partial charge in [0, 0.05) is 25.5 Å². The maximum atomic E-state index is 4.54. The Bertz CT molecular complexity index is 590. The van der Waals surface area contributed by atoms with Gasteiger partial charge in [-0.3, -0.25) is 9.67 Å². The van der Waals surface area contributed by atoms with Crippen molar-refractivity contribution in [3.05, 3.63) is 36.2 Å². The van der Waals surface area contributed by atoms with Crippen LogP contribution < -0.4 is 0 Å². The summed E-state index contributed by atoms with van der Waals surface area (Å²) in [6, 6.07) is 6.45. The number of rotatable bonds is 5. The minimum Gasteiger partial charge on any atom is -0.306 e. The Morgan fingerprint density at radius 3 is 2.95 bits per heavy atom. The van der Waals surface area contributed by atoms with Gasteiger partial charge in [-0.1, -0.05) is 6.92 Å². The lowest BCUT2D eigenvalue weighted by atomic mass is 9.98. The summed E-state index contributed by atoms with van der Waals surface area (Å²) in [5.74, 6) is 0.783. The molecule has 0 radical (unpaired) electrons. The summed E-state index contributed by atoms with van der Waals surface area (Å²) in [7, 11) is 2.21. The average molecular weight is 284 g/mol. The van der Waals surface area contributed by atoms with Gasteiger partial charge in [-0.15, -0.1) is 0 Å². The minimum atomic E-state index is 0.783. The molecular weight excluding hydrogens is 260 g/mol. The number of hydrogen-bond acceptors (Lipinski definition) is 3. The van der Waals surface area contributed by atoms with Crippen LogP contribution in [0.3, 0.4) is 0 Å². The van der Waals surface area contributed by atoms with Crippen LogP contribution in [0.4, 0.5) is 0 Å². The Kier molecular flexibility index (Phi) is 4.34. The molecule has 0 amide bonds. The van der Waals surface area contributed by atoms with Crippen LogP contribution in [0.1, 0.15) is 25.3 Å². The first-order valence-electron chi connectivity index (χ1n) is 7.92. The molecule has 0 N–H and O–H groups in total. The van der Waals surface area contributed by atoms with E-state index in [1.165, 1.54) is 25.1 Å². The molecule has 1 fully saturated rings. The summed E-state index contributed by atoms with van der Waals surface area (Å²) in [6.45, 7) is 5.56. The fourth-order valence-corrected chi connectivity index (χ4v) is 3.21. The Balaban J connectivity index is 1.78. The van der Waals surface area contributed by atoms with Gasteiger partial charge in [0.15, 0.2) is 0 Å². The molecule has 4 nitrogen and oxygen atoms in total. The van der Waals surface area contributed by atoms with Gasteiger partial charge in [0.2, 0.25) is 0 Å². The summed E-state index contributed by atoms with van der Waals surface area (Å²) in [5.41, 5.74) is 3.57. The van der Waals surface area contributed by atoms with Gasteiger partial charge in [0.1, 0.15) is 0 Å². The molecular formula is C17H24N4. The van der Waals surface area contributed by atoms with Crippen LogP contribution in [0.25, 0.3) is 11.4 Å². The van der Waals surface area contributed by atoms with E-state index in [4.69, 9.17) is 0 Å². The second-order valence-corrected chi connectivity index (χ2v) is 6.11. The van der Waals surface area contributed by atoms with Gasteiger partial charge < -0.3 is 4.90 Å². The summed E-state index contributed by atoms with van der Waals surface area (Å²) >= 11 is 0. The monoisotopic (exact) mass is 284 g/mol. The standard InChI is InChI=1S/C17H24N4/c1-3-9-21-17(5-8-19-21)16-12-14(4-7-18-16)11-15-6-10-20(2)13-15/h4-5,7-8,12,15H,3,6,9-11,13H2,1-2H3. The molecule has 2 aromatic rings. The van der Waals surface area contributed by atoms with Gasteiger partial charge in [0.05, 0.1) is 11.4 Å². The lowest BCUT2D eigenvalue weighted by Crippen LogP contribution is -2.15. The highest BCUT2D eigenvalue weighted by Gasteiger charge is 2.19. The molecule has 0 aromatic carbocycles. The number of nitrogens with zero attached hydrogens (tertiary/aromatic N) is 4. The zero-order chi connectivity index (χ0) is 14.7. The van der Waals surface area contributed by atoms with E-state index < -0.39 is 0 Å². The van der Waals surface area contributed by atoms with Crippen molar-refractivity contribution in [2.75, 3.05) is 20.1 Å². The highest BCUT2D eigenvalue weighted by molar-refractivity contribution is 5.55. The third-order valence-corrected chi connectivity index (χ3v) is 4.25. The third kappa shape index (κ3) is 3.32. The maximum absolute atomic E-state index is 4.54. The van der Waals surface area contributed by atoms with E-state index in [2.05, 4.69) is 51.8 Å². The SMILES string of the molecule is CCCn1nccc1-c1cc(CC2CCN(C)C2)ccn1. The number of pyridine rings is 1. The maximum Gasteiger partial charge on any atom is 0.0885 e. The molecule has 112 valence electrons. The molecule has 1 saturated heterocycles. The molecule has 1 aliphatic rings. The zero-order valence-corrected chi connectivity index (χ0v) is 13.0. The fraction of sp³-hybridized carbons (Fsp3) is 0.529. The molecule has 0 spiro atoms. The van der Waals surface area contributed by atoms with Crippen LogP contribution in [0.15, 0.2) is 30.6 Å². The molecule has 0 saturated carbocycles. The summed E-state index contributed by atoms with van der Waals surface area (Å²) < 4.78 is 2.05. The van der Waals surface area contributed by atoms with Crippen molar-refractivity contribution in [1.29, 1.82) is 0 Å². The van der Waals surface area contributed by atoms with E-state index in [0.717, 1.165) is 36.7 Å². The summed E-state index contributed by atoms with van der Waals surface area (Å²) in [6.07, 6.45) is 7.35. The van der Waals surface area contributed by atoms with Gasteiger partial charge >= 0.3 is 0 Å². The Hall–Kier alpha value is -1.68. The van der Waals surface area contributed by atoms with Gasteiger partial charge in [-0.05, 0) is 62.5 Å². The second kappa shape index (κ2) is 6.39. The highest BCUT2D eigenvalue weighted by Crippen LogP contribution is 2.23. The van der Waals surface area contributed by atoms with Crippen LogP contribution in [-0.4, -0.2) is 39.8 Å². The van der Waals surface area contributed by atoms with Crippen LogP contribution >= 0.6 is 0 Å². The predicted molar refractivity (Wildman–Crippen MR) is 85.1 cm³/mol. The van der Waals surface area contributed by atoms with Gasteiger partial charge in [-0.25, -0.2) is 0 Å². The van der Waals surface area contributed by atoms with E-state index in [1.807, 2.05) is 12.4 Å². The summed E-state index contributed by atoms with van der Waals surface area (Å²) in [5, 5.41) is 4.40. The first kappa shape index (κ1) is 14.3. The lowest BCUT2D eigenvalue weighted by molar-refractivity contribution is 0.394. The highest BCUT2D eigenvalue weighted by atomic mass is 15.3. The topological polar surface area (TPSA) is 34.0 Å². The largest absolute Gasteiger partial charge is 0.306 e. The number of aromatic nitrogens is 3. The predicted octanol–water partition coefficient (Wildman–Crippen LogP) is 2.85. The molecule has 2 aromatic heterocycles. The van der Waals surface area contributed by atoms with Crippen molar-refractivity contribution in [2.24, 2.45) is 5.92 Å². The fourth-order valence-electron chi connectivity index (χ4n) is 3.21. The smallest absolute Gasteiger partial charge is 0.0885 e. The first-order valence-corrected chi connectivity index (χ1v) is 7.92. The molecule has 3 rings (SSSR count). The molecule has 1 aliphatic heterocycles. The minimum absolute atomic E-state index is 0.783. The molecule has 0 bridgehead atoms. The third-order valence-electron chi connectivity index (χ3n) is 4.25. The van der Waals surface area contributed by atoms with Crippen LogP contribution in [-0.2, 0) is 13.0 Å². The first-order chi connectivity index (χ1) is 10.3. The molecule has 1 atom stereocenters. The van der Waals surface area contributed by atoms with E-state index in [-0.39, 0.29) is 0 Å². The lowest BCUT2D eigenvalue weighted by Gasteiger charge is -2.11. The van der Waals surface area contributed by atoms with Crippen molar-refractivity contribution in [2.45, 2.75) is 32.7 Å². The average Bonchev–Trinajstić information content (AvgIpc) is 3.09. The number of likely N-dealkylation sites (tertiary alicyclic amines) is 1. The molecule has 1 unspecified atom stereocenters.